The summed E-state index contributed by atoms with van der Waals surface area (Å²) in [6.45, 7) is 2.46. The molecule has 1 unspecified atom stereocenters. The molecule has 3 aliphatic rings. The van der Waals surface area contributed by atoms with Gasteiger partial charge in [0.25, 0.3) is 0 Å². The average Bonchev–Trinajstić information content (AvgIpc) is 3.04. The number of nitrogens with one attached hydrogen (secondary N) is 1. The summed E-state index contributed by atoms with van der Waals surface area (Å²) in [4.78, 5) is 29.5. The summed E-state index contributed by atoms with van der Waals surface area (Å²) < 4.78 is 0. The molecule has 24 heavy (non-hydrogen) atoms. The maximum absolute atomic E-state index is 13.0. The first-order valence-electron chi connectivity index (χ1n) is 10.1. The minimum Gasteiger partial charge on any atom is -0.341 e. The van der Waals surface area contributed by atoms with Crippen molar-refractivity contribution in [2.24, 2.45) is 0 Å². The smallest absolute Gasteiger partial charge is 0.318 e. The first-order chi connectivity index (χ1) is 11.8. The third-order valence-electron chi connectivity index (χ3n) is 5.90. The predicted molar refractivity (Wildman–Crippen MR) is 94.8 cm³/mol. The SMILES string of the molecule is O=C(C1CCCN1C(=O)NC1CCCCC1)N1CCCCCCC1. The Morgan fingerprint density at radius 1 is 0.708 bits per heavy atom. The molecule has 136 valence electrons. The lowest BCUT2D eigenvalue weighted by atomic mass is 9.96. The van der Waals surface area contributed by atoms with Gasteiger partial charge in [0, 0.05) is 25.7 Å². The van der Waals surface area contributed by atoms with Crippen LogP contribution in [0.3, 0.4) is 0 Å². The van der Waals surface area contributed by atoms with E-state index in [-0.39, 0.29) is 18.0 Å². The Bertz CT molecular complexity index is 426. The first kappa shape index (κ1) is 17.6. The summed E-state index contributed by atoms with van der Waals surface area (Å²) in [5.41, 5.74) is 0. The molecule has 1 N–H and O–H groups in total. The van der Waals surface area contributed by atoms with Crippen LogP contribution in [0.2, 0.25) is 0 Å². The minimum atomic E-state index is -0.229. The largest absolute Gasteiger partial charge is 0.341 e. The third kappa shape index (κ3) is 4.42. The molecule has 0 aromatic rings. The molecule has 5 nitrogen and oxygen atoms in total. The van der Waals surface area contributed by atoms with E-state index in [1.54, 1.807) is 0 Å². The van der Waals surface area contributed by atoms with Gasteiger partial charge in [0.05, 0.1) is 0 Å². The van der Waals surface area contributed by atoms with Crippen LogP contribution >= 0.6 is 0 Å². The van der Waals surface area contributed by atoms with Crippen molar-refractivity contribution in [3.63, 3.8) is 0 Å². The Balaban J connectivity index is 1.56. The Labute approximate surface area is 146 Å². The second-order valence-corrected chi connectivity index (χ2v) is 7.73. The molecule has 0 spiro atoms. The molecule has 5 heteroatoms. The molecular formula is C19H33N3O2. The van der Waals surface area contributed by atoms with Crippen molar-refractivity contribution < 1.29 is 9.59 Å². The number of rotatable bonds is 2. The van der Waals surface area contributed by atoms with Gasteiger partial charge < -0.3 is 15.1 Å². The molecule has 0 bridgehead atoms. The summed E-state index contributed by atoms with van der Waals surface area (Å²) in [6, 6.07) is 0.0714. The molecule has 3 amide bonds. The van der Waals surface area contributed by atoms with Gasteiger partial charge in [-0.1, -0.05) is 38.5 Å². The number of likely N-dealkylation sites (tertiary alicyclic amines) is 2. The summed E-state index contributed by atoms with van der Waals surface area (Å²) in [5.74, 6) is 0.188. The van der Waals surface area contributed by atoms with Gasteiger partial charge in [0.2, 0.25) is 5.91 Å². The zero-order valence-corrected chi connectivity index (χ0v) is 15.0. The zero-order valence-electron chi connectivity index (χ0n) is 15.0. The van der Waals surface area contributed by atoms with E-state index >= 15 is 0 Å². The molecule has 3 rings (SSSR count). The van der Waals surface area contributed by atoms with Crippen LogP contribution < -0.4 is 5.32 Å². The van der Waals surface area contributed by atoms with Crippen LogP contribution in [0.5, 0.6) is 0 Å². The summed E-state index contributed by atoms with van der Waals surface area (Å²) in [5, 5.41) is 3.19. The molecule has 1 saturated carbocycles. The van der Waals surface area contributed by atoms with Gasteiger partial charge in [-0.15, -0.1) is 0 Å². The fourth-order valence-electron chi connectivity index (χ4n) is 4.45. The highest BCUT2D eigenvalue weighted by atomic mass is 16.2. The molecule has 0 aromatic heterocycles. The number of nitrogens with zero attached hydrogens (tertiary/aromatic N) is 2. The summed E-state index contributed by atoms with van der Waals surface area (Å²) >= 11 is 0. The van der Waals surface area contributed by atoms with Gasteiger partial charge >= 0.3 is 6.03 Å². The van der Waals surface area contributed by atoms with Crippen LogP contribution in [0.1, 0.15) is 77.0 Å². The van der Waals surface area contributed by atoms with Crippen molar-refractivity contribution in [2.75, 3.05) is 19.6 Å². The highest BCUT2D eigenvalue weighted by Crippen LogP contribution is 2.23. The van der Waals surface area contributed by atoms with E-state index in [1.807, 2.05) is 9.80 Å². The molecular weight excluding hydrogens is 302 g/mol. The summed E-state index contributed by atoms with van der Waals surface area (Å²) in [7, 11) is 0. The highest BCUT2D eigenvalue weighted by Gasteiger charge is 2.37. The second kappa shape index (κ2) is 8.72. The number of amides is 3. The first-order valence-corrected chi connectivity index (χ1v) is 10.1. The Kier molecular flexibility index (Phi) is 6.38. The molecule has 0 aromatic carbocycles. The highest BCUT2D eigenvalue weighted by molar-refractivity contribution is 5.87. The van der Waals surface area contributed by atoms with Gasteiger partial charge in [0.15, 0.2) is 0 Å². The van der Waals surface area contributed by atoms with E-state index < -0.39 is 0 Å². The maximum Gasteiger partial charge on any atom is 0.318 e. The topological polar surface area (TPSA) is 52.7 Å². The number of hydrogen-bond acceptors (Lipinski definition) is 2. The van der Waals surface area contributed by atoms with E-state index in [4.69, 9.17) is 0 Å². The number of carbonyl (C=O) groups excluding carboxylic acids is 2. The molecule has 1 aliphatic carbocycles. The predicted octanol–water partition coefficient (Wildman–Crippen LogP) is 3.29. The lowest BCUT2D eigenvalue weighted by Gasteiger charge is -2.33. The fourth-order valence-corrected chi connectivity index (χ4v) is 4.45. The molecule has 1 atom stereocenters. The van der Waals surface area contributed by atoms with Crippen LogP contribution in [0.4, 0.5) is 4.79 Å². The van der Waals surface area contributed by atoms with Crippen molar-refractivity contribution in [3.05, 3.63) is 0 Å². The van der Waals surface area contributed by atoms with Gasteiger partial charge in [-0.3, -0.25) is 4.79 Å². The molecule has 2 aliphatic heterocycles. The van der Waals surface area contributed by atoms with E-state index in [1.165, 1.54) is 38.5 Å². The van der Waals surface area contributed by atoms with Crippen LogP contribution in [0, 0.1) is 0 Å². The Hall–Kier alpha value is -1.26. The summed E-state index contributed by atoms with van der Waals surface area (Å²) in [6.07, 6.45) is 13.6. The molecule has 2 heterocycles. The normalized spacial score (nSPS) is 26.8. The van der Waals surface area contributed by atoms with Crippen LogP contribution in [-0.4, -0.2) is 53.5 Å². The lowest BCUT2D eigenvalue weighted by molar-refractivity contribution is -0.135. The average molecular weight is 335 g/mol. The van der Waals surface area contributed by atoms with E-state index in [0.717, 1.165) is 58.2 Å². The third-order valence-corrected chi connectivity index (χ3v) is 5.90. The number of urea groups is 1. The van der Waals surface area contributed by atoms with Gasteiger partial charge in [0.1, 0.15) is 6.04 Å². The number of hydrogen-bond donors (Lipinski definition) is 1. The Morgan fingerprint density at radius 3 is 2.04 bits per heavy atom. The van der Waals surface area contributed by atoms with Gasteiger partial charge in [-0.05, 0) is 38.5 Å². The van der Waals surface area contributed by atoms with Crippen LogP contribution in [-0.2, 0) is 4.79 Å². The number of carbonyl (C=O) groups is 2. The zero-order chi connectivity index (χ0) is 16.8. The standard InChI is InChI=1S/C19H33N3O2/c23-18(21-13-7-2-1-3-8-14-21)17-12-9-15-22(17)19(24)20-16-10-5-4-6-11-16/h16-17H,1-15H2,(H,20,24). The van der Waals surface area contributed by atoms with E-state index in [0.29, 0.717) is 6.04 Å². The van der Waals surface area contributed by atoms with Crippen LogP contribution in [0.15, 0.2) is 0 Å². The van der Waals surface area contributed by atoms with Gasteiger partial charge in [-0.2, -0.15) is 0 Å². The van der Waals surface area contributed by atoms with Crippen molar-refractivity contribution >= 4 is 11.9 Å². The van der Waals surface area contributed by atoms with Gasteiger partial charge in [-0.25, -0.2) is 4.79 Å². The monoisotopic (exact) mass is 335 g/mol. The minimum absolute atomic E-state index is 0.00945. The van der Waals surface area contributed by atoms with E-state index in [9.17, 15) is 9.59 Å². The molecule has 0 radical (unpaired) electrons. The quantitative estimate of drug-likeness (QED) is 0.842. The molecule has 3 fully saturated rings. The molecule has 2 saturated heterocycles. The Morgan fingerprint density at radius 2 is 1.33 bits per heavy atom. The van der Waals surface area contributed by atoms with Crippen molar-refractivity contribution in [1.29, 1.82) is 0 Å². The lowest BCUT2D eigenvalue weighted by Crippen LogP contribution is -2.53. The van der Waals surface area contributed by atoms with E-state index in [2.05, 4.69) is 5.32 Å². The van der Waals surface area contributed by atoms with Crippen molar-refractivity contribution in [1.82, 2.24) is 15.1 Å². The maximum atomic E-state index is 13.0. The fraction of sp³-hybridized carbons (Fsp3) is 0.895. The van der Waals surface area contributed by atoms with Crippen molar-refractivity contribution in [2.45, 2.75) is 89.1 Å². The second-order valence-electron chi connectivity index (χ2n) is 7.73. The van der Waals surface area contributed by atoms with Crippen LogP contribution in [0.25, 0.3) is 0 Å². The van der Waals surface area contributed by atoms with Crippen molar-refractivity contribution in [3.8, 4) is 0 Å².